The Morgan fingerprint density at radius 1 is 1.30 bits per heavy atom. The van der Waals surface area contributed by atoms with Crippen LogP contribution in [0.3, 0.4) is 0 Å². The molecule has 1 amide bonds. The van der Waals surface area contributed by atoms with Gasteiger partial charge in [0.05, 0.1) is 6.54 Å². The Kier molecular flexibility index (Phi) is 5.03. The van der Waals surface area contributed by atoms with Gasteiger partial charge in [-0.2, -0.15) is 0 Å². The lowest BCUT2D eigenvalue weighted by Gasteiger charge is -2.31. The fourth-order valence-corrected chi connectivity index (χ4v) is 2.36. The van der Waals surface area contributed by atoms with Crippen molar-refractivity contribution < 1.29 is 13.6 Å². The summed E-state index contributed by atoms with van der Waals surface area (Å²) in [5, 5.41) is 5.80. The third-order valence-corrected chi connectivity index (χ3v) is 3.57. The van der Waals surface area contributed by atoms with Gasteiger partial charge in [0.25, 0.3) is 0 Å². The second-order valence-electron chi connectivity index (χ2n) is 5.02. The Hall–Kier alpha value is -1.53. The SMILES string of the molecule is CNC1CCN(CC(=O)Nc2ccc(F)c(F)c2)CC1. The number of amides is 1. The van der Waals surface area contributed by atoms with Crippen LogP contribution in [0.4, 0.5) is 14.5 Å². The molecule has 0 unspecified atom stereocenters. The number of piperidine rings is 1. The molecule has 0 atom stereocenters. The van der Waals surface area contributed by atoms with Crippen molar-refractivity contribution in [2.45, 2.75) is 18.9 Å². The predicted molar refractivity (Wildman–Crippen MR) is 73.5 cm³/mol. The Bertz CT molecular complexity index is 473. The summed E-state index contributed by atoms with van der Waals surface area (Å²) in [4.78, 5) is 13.9. The van der Waals surface area contributed by atoms with Crippen molar-refractivity contribution in [2.75, 3.05) is 32.0 Å². The molecule has 0 aromatic heterocycles. The molecule has 1 fully saturated rings. The first-order chi connectivity index (χ1) is 9.58. The second-order valence-corrected chi connectivity index (χ2v) is 5.02. The summed E-state index contributed by atoms with van der Waals surface area (Å²) in [5.41, 5.74) is 0.277. The zero-order valence-electron chi connectivity index (χ0n) is 11.5. The summed E-state index contributed by atoms with van der Waals surface area (Å²) in [7, 11) is 1.94. The average molecular weight is 283 g/mol. The average Bonchev–Trinajstić information content (AvgIpc) is 2.44. The molecular weight excluding hydrogens is 264 g/mol. The topological polar surface area (TPSA) is 44.4 Å². The molecule has 4 nitrogen and oxygen atoms in total. The molecular formula is C14H19F2N3O. The van der Waals surface area contributed by atoms with Gasteiger partial charge in [-0.1, -0.05) is 0 Å². The van der Waals surface area contributed by atoms with Crippen molar-refractivity contribution in [3.05, 3.63) is 29.8 Å². The van der Waals surface area contributed by atoms with Crippen molar-refractivity contribution in [1.82, 2.24) is 10.2 Å². The van der Waals surface area contributed by atoms with Crippen LogP contribution in [-0.4, -0.2) is 43.5 Å². The van der Waals surface area contributed by atoms with Crippen LogP contribution in [-0.2, 0) is 4.79 Å². The maximum Gasteiger partial charge on any atom is 0.238 e. The van der Waals surface area contributed by atoms with E-state index in [-0.39, 0.29) is 18.1 Å². The van der Waals surface area contributed by atoms with Crippen molar-refractivity contribution in [3.8, 4) is 0 Å². The van der Waals surface area contributed by atoms with Gasteiger partial charge in [-0.3, -0.25) is 9.69 Å². The summed E-state index contributed by atoms with van der Waals surface area (Å²) >= 11 is 0. The number of benzene rings is 1. The summed E-state index contributed by atoms with van der Waals surface area (Å²) in [6.45, 7) is 1.99. The van der Waals surface area contributed by atoms with Crippen LogP contribution in [0.5, 0.6) is 0 Å². The highest BCUT2D eigenvalue weighted by Crippen LogP contribution is 2.14. The summed E-state index contributed by atoms with van der Waals surface area (Å²) in [5.74, 6) is -2.09. The van der Waals surface area contributed by atoms with Crippen LogP contribution in [0.1, 0.15) is 12.8 Å². The maximum atomic E-state index is 13.0. The van der Waals surface area contributed by atoms with Gasteiger partial charge in [-0.05, 0) is 32.0 Å². The number of carbonyl (C=O) groups is 1. The fraction of sp³-hybridized carbons (Fsp3) is 0.500. The largest absolute Gasteiger partial charge is 0.325 e. The number of likely N-dealkylation sites (tertiary alicyclic amines) is 1. The Labute approximate surface area is 117 Å². The highest BCUT2D eigenvalue weighted by atomic mass is 19.2. The molecule has 6 heteroatoms. The molecule has 1 aromatic carbocycles. The van der Waals surface area contributed by atoms with E-state index in [1.165, 1.54) is 6.07 Å². The van der Waals surface area contributed by atoms with Gasteiger partial charge in [-0.15, -0.1) is 0 Å². The fourth-order valence-electron chi connectivity index (χ4n) is 2.36. The number of nitrogens with zero attached hydrogens (tertiary/aromatic N) is 1. The van der Waals surface area contributed by atoms with Gasteiger partial charge in [0.1, 0.15) is 0 Å². The molecule has 0 spiro atoms. The number of hydrogen-bond acceptors (Lipinski definition) is 3. The molecule has 1 aromatic rings. The highest BCUT2D eigenvalue weighted by Gasteiger charge is 2.19. The number of rotatable bonds is 4. The third-order valence-electron chi connectivity index (χ3n) is 3.57. The molecule has 1 aliphatic heterocycles. The van der Waals surface area contributed by atoms with Crippen LogP contribution in [0.25, 0.3) is 0 Å². The zero-order valence-corrected chi connectivity index (χ0v) is 11.5. The second kappa shape index (κ2) is 6.76. The molecule has 0 radical (unpaired) electrons. The number of carbonyl (C=O) groups excluding carboxylic acids is 1. The summed E-state index contributed by atoms with van der Waals surface area (Å²) < 4.78 is 25.8. The molecule has 0 saturated carbocycles. The minimum absolute atomic E-state index is 0.209. The van der Waals surface area contributed by atoms with E-state index >= 15 is 0 Å². The molecule has 1 aliphatic rings. The minimum Gasteiger partial charge on any atom is -0.325 e. The number of halogens is 2. The first kappa shape index (κ1) is 14.9. The van der Waals surface area contributed by atoms with E-state index in [4.69, 9.17) is 0 Å². The molecule has 20 heavy (non-hydrogen) atoms. The third kappa shape index (κ3) is 3.98. The number of nitrogens with one attached hydrogen (secondary N) is 2. The van der Waals surface area contributed by atoms with E-state index in [9.17, 15) is 13.6 Å². The van der Waals surface area contributed by atoms with Gasteiger partial charge in [0.15, 0.2) is 11.6 Å². The van der Waals surface area contributed by atoms with Crippen LogP contribution >= 0.6 is 0 Å². The van der Waals surface area contributed by atoms with E-state index in [1.54, 1.807) is 0 Å². The predicted octanol–water partition coefficient (Wildman–Crippen LogP) is 1.59. The van der Waals surface area contributed by atoms with E-state index in [0.29, 0.717) is 6.04 Å². The zero-order chi connectivity index (χ0) is 14.5. The molecule has 0 aliphatic carbocycles. The molecule has 2 N–H and O–H groups in total. The number of hydrogen-bond donors (Lipinski definition) is 2. The van der Waals surface area contributed by atoms with Gasteiger partial charge in [0.2, 0.25) is 5.91 Å². The lowest BCUT2D eigenvalue weighted by molar-refractivity contribution is -0.117. The molecule has 1 heterocycles. The summed E-state index contributed by atoms with van der Waals surface area (Å²) in [6.07, 6.45) is 2.02. The van der Waals surface area contributed by atoms with Crippen molar-refractivity contribution in [2.24, 2.45) is 0 Å². The van der Waals surface area contributed by atoms with Crippen molar-refractivity contribution in [3.63, 3.8) is 0 Å². The quantitative estimate of drug-likeness (QED) is 0.882. The lowest BCUT2D eigenvalue weighted by atomic mass is 10.1. The maximum absolute atomic E-state index is 13.0. The number of anilines is 1. The Morgan fingerprint density at radius 2 is 2.00 bits per heavy atom. The van der Waals surface area contributed by atoms with Crippen LogP contribution in [0.15, 0.2) is 18.2 Å². The minimum atomic E-state index is -0.961. The first-order valence-corrected chi connectivity index (χ1v) is 6.73. The van der Waals surface area contributed by atoms with Crippen molar-refractivity contribution in [1.29, 1.82) is 0 Å². The van der Waals surface area contributed by atoms with Crippen LogP contribution < -0.4 is 10.6 Å². The smallest absolute Gasteiger partial charge is 0.238 e. The first-order valence-electron chi connectivity index (χ1n) is 6.73. The lowest BCUT2D eigenvalue weighted by Crippen LogP contribution is -2.44. The van der Waals surface area contributed by atoms with Crippen LogP contribution in [0.2, 0.25) is 0 Å². The summed E-state index contributed by atoms with van der Waals surface area (Å²) in [6, 6.07) is 3.86. The van der Waals surface area contributed by atoms with E-state index in [1.807, 2.05) is 7.05 Å². The standard InChI is InChI=1S/C14H19F2N3O/c1-17-10-4-6-19(7-5-10)9-14(20)18-11-2-3-12(15)13(16)8-11/h2-3,8,10,17H,4-7,9H2,1H3,(H,18,20). The highest BCUT2D eigenvalue weighted by molar-refractivity contribution is 5.92. The molecule has 2 rings (SSSR count). The van der Waals surface area contributed by atoms with Gasteiger partial charge < -0.3 is 10.6 Å². The Balaban J connectivity index is 1.82. The molecule has 110 valence electrons. The van der Waals surface area contributed by atoms with E-state index < -0.39 is 11.6 Å². The molecule has 0 bridgehead atoms. The van der Waals surface area contributed by atoms with Gasteiger partial charge >= 0.3 is 0 Å². The van der Waals surface area contributed by atoms with Crippen LogP contribution in [0, 0.1) is 11.6 Å². The van der Waals surface area contributed by atoms with Gasteiger partial charge in [-0.25, -0.2) is 8.78 Å². The van der Waals surface area contributed by atoms with Crippen molar-refractivity contribution >= 4 is 11.6 Å². The normalized spacial score (nSPS) is 17.1. The Morgan fingerprint density at radius 3 is 2.60 bits per heavy atom. The van der Waals surface area contributed by atoms with Gasteiger partial charge in [0, 0.05) is 30.9 Å². The van der Waals surface area contributed by atoms with E-state index in [2.05, 4.69) is 15.5 Å². The van der Waals surface area contributed by atoms with E-state index in [0.717, 1.165) is 38.1 Å². The molecule has 1 saturated heterocycles. The monoisotopic (exact) mass is 283 g/mol.